The summed E-state index contributed by atoms with van der Waals surface area (Å²) in [5.74, 6) is 0.0852. The lowest BCUT2D eigenvalue weighted by Crippen LogP contribution is -2.36. The van der Waals surface area contributed by atoms with E-state index in [-0.39, 0.29) is 5.91 Å². The van der Waals surface area contributed by atoms with Crippen molar-refractivity contribution in [3.05, 3.63) is 28.2 Å². The summed E-state index contributed by atoms with van der Waals surface area (Å²) in [4.78, 5) is 11.9. The molecule has 1 aromatic rings. The number of halogens is 1. The predicted octanol–water partition coefficient (Wildman–Crippen LogP) is 2.63. The predicted molar refractivity (Wildman–Crippen MR) is 74.9 cm³/mol. The van der Waals surface area contributed by atoms with Crippen molar-refractivity contribution in [3.8, 4) is 6.07 Å². The quantitative estimate of drug-likeness (QED) is 0.897. The monoisotopic (exact) mass is 309 g/mol. The number of benzene rings is 1. The van der Waals surface area contributed by atoms with Crippen molar-refractivity contribution >= 4 is 27.5 Å². The molecule has 1 atom stereocenters. The Bertz CT molecular complexity index is 480. The van der Waals surface area contributed by atoms with Gasteiger partial charge in [0.05, 0.1) is 17.3 Å². The highest BCUT2D eigenvalue weighted by atomic mass is 79.9. The molecule has 0 saturated carbocycles. The second-order valence-electron chi connectivity index (χ2n) is 4.53. The number of carbonyl (C=O) groups is 1. The van der Waals surface area contributed by atoms with Crippen LogP contribution in [-0.4, -0.2) is 11.9 Å². The maximum absolute atomic E-state index is 11.9. The van der Waals surface area contributed by atoms with Gasteiger partial charge < -0.3 is 11.1 Å². The number of nitrogens with two attached hydrogens (primary N) is 1. The van der Waals surface area contributed by atoms with E-state index in [9.17, 15) is 4.79 Å². The van der Waals surface area contributed by atoms with Crippen LogP contribution in [0.4, 0.5) is 5.69 Å². The van der Waals surface area contributed by atoms with Gasteiger partial charge in [0, 0.05) is 4.47 Å². The van der Waals surface area contributed by atoms with E-state index in [0.29, 0.717) is 23.6 Å². The zero-order valence-corrected chi connectivity index (χ0v) is 12.0. The van der Waals surface area contributed by atoms with E-state index in [4.69, 9.17) is 11.0 Å². The number of hydrogen-bond acceptors (Lipinski definition) is 3. The molecule has 0 spiro atoms. The summed E-state index contributed by atoms with van der Waals surface area (Å²) < 4.78 is 0.800. The molecule has 96 valence electrons. The molecule has 4 nitrogen and oxygen atoms in total. The molecule has 1 rings (SSSR count). The van der Waals surface area contributed by atoms with Gasteiger partial charge in [0.1, 0.15) is 6.07 Å². The smallest absolute Gasteiger partial charge is 0.241 e. The van der Waals surface area contributed by atoms with E-state index in [0.717, 1.165) is 4.47 Å². The van der Waals surface area contributed by atoms with Crippen molar-refractivity contribution in [3.63, 3.8) is 0 Å². The van der Waals surface area contributed by atoms with Crippen molar-refractivity contribution in [2.24, 2.45) is 11.7 Å². The highest BCUT2D eigenvalue weighted by molar-refractivity contribution is 9.10. The summed E-state index contributed by atoms with van der Waals surface area (Å²) >= 11 is 3.30. The van der Waals surface area contributed by atoms with E-state index in [1.165, 1.54) is 0 Å². The molecule has 0 unspecified atom stereocenters. The minimum absolute atomic E-state index is 0.265. The number of nitrogens with one attached hydrogen (secondary N) is 1. The number of nitrogens with zero attached hydrogens (tertiary/aromatic N) is 1. The molecule has 0 aliphatic rings. The molecule has 0 bridgehead atoms. The Morgan fingerprint density at radius 2 is 2.22 bits per heavy atom. The first-order valence-electron chi connectivity index (χ1n) is 5.70. The van der Waals surface area contributed by atoms with Gasteiger partial charge in [-0.15, -0.1) is 0 Å². The largest absolute Gasteiger partial charge is 0.324 e. The summed E-state index contributed by atoms with van der Waals surface area (Å²) in [6, 6.07) is 6.56. The minimum Gasteiger partial charge on any atom is -0.324 e. The van der Waals surface area contributed by atoms with Crippen molar-refractivity contribution in [1.29, 1.82) is 5.26 Å². The van der Waals surface area contributed by atoms with Crippen molar-refractivity contribution in [1.82, 2.24) is 0 Å². The van der Waals surface area contributed by atoms with E-state index >= 15 is 0 Å². The Kier molecular flexibility index (Phi) is 5.32. The third kappa shape index (κ3) is 4.13. The fourth-order valence-corrected chi connectivity index (χ4v) is 1.92. The van der Waals surface area contributed by atoms with E-state index in [2.05, 4.69) is 21.2 Å². The normalized spacial score (nSPS) is 12.0. The number of anilines is 1. The van der Waals surface area contributed by atoms with Crippen LogP contribution in [-0.2, 0) is 4.79 Å². The van der Waals surface area contributed by atoms with Crippen LogP contribution in [0.15, 0.2) is 22.7 Å². The molecule has 1 aromatic carbocycles. The summed E-state index contributed by atoms with van der Waals surface area (Å²) in [6.07, 6.45) is 0.613. The van der Waals surface area contributed by atoms with Gasteiger partial charge in [-0.25, -0.2) is 0 Å². The van der Waals surface area contributed by atoms with Gasteiger partial charge in [0.25, 0.3) is 0 Å². The van der Waals surface area contributed by atoms with Crippen molar-refractivity contribution in [2.45, 2.75) is 26.3 Å². The molecule has 0 aliphatic carbocycles. The van der Waals surface area contributed by atoms with Gasteiger partial charge in [-0.1, -0.05) is 29.8 Å². The van der Waals surface area contributed by atoms with Crippen molar-refractivity contribution < 1.29 is 4.79 Å². The summed E-state index contributed by atoms with van der Waals surface area (Å²) in [5, 5.41) is 11.6. The molecule has 0 aromatic heterocycles. The Morgan fingerprint density at radius 3 is 2.78 bits per heavy atom. The highest BCUT2D eigenvalue weighted by Gasteiger charge is 2.16. The molecule has 18 heavy (non-hydrogen) atoms. The number of carbonyl (C=O) groups excluding carboxylic acids is 1. The number of hydrogen-bond donors (Lipinski definition) is 2. The van der Waals surface area contributed by atoms with Crippen LogP contribution in [0.25, 0.3) is 0 Å². The summed E-state index contributed by atoms with van der Waals surface area (Å²) in [5.41, 5.74) is 6.69. The Hall–Kier alpha value is -1.38. The lowest BCUT2D eigenvalue weighted by molar-refractivity contribution is -0.117. The van der Waals surface area contributed by atoms with Gasteiger partial charge in [-0.05, 0) is 30.5 Å². The molecule has 1 amide bonds. The van der Waals surface area contributed by atoms with Crippen LogP contribution in [0, 0.1) is 17.2 Å². The molecule has 0 heterocycles. The van der Waals surface area contributed by atoms with Gasteiger partial charge in [-0.2, -0.15) is 5.26 Å². The van der Waals surface area contributed by atoms with Crippen LogP contribution >= 0.6 is 15.9 Å². The Balaban J connectivity index is 2.82. The fraction of sp³-hybridized carbons (Fsp3) is 0.385. The first kappa shape index (κ1) is 14.7. The molecule has 0 fully saturated rings. The molecule has 0 saturated heterocycles. The maximum atomic E-state index is 11.9. The third-order valence-corrected chi connectivity index (χ3v) is 2.92. The fourth-order valence-electron chi connectivity index (χ4n) is 1.56. The minimum atomic E-state index is -0.560. The lowest BCUT2D eigenvalue weighted by atomic mass is 10.0. The average molecular weight is 310 g/mol. The van der Waals surface area contributed by atoms with Gasteiger partial charge >= 0.3 is 0 Å². The Morgan fingerprint density at radius 1 is 1.56 bits per heavy atom. The van der Waals surface area contributed by atoms with Crippen LogP contribution in [0.1, 0.15) is 25.8 Å². The number of amides is 1. The zero-order valence-electron chi connectivity index (χ0n) is 10.4. The van der Waals surface area contributed by atoms with E-state index in [1.54, 1.807) is 18.2 Å². The van der Waals surface area contributed by atoms with Crippen LogP contribution in [0.5, 0.6) is 0 Å². The Labute approximate surface area is 115 Å². The van der Waals surface area contributed by atoms with Crippen LogP contribution in [0.2, 0.25) is 0 Å². The first-order valence-corrected chi connectivity index (χ1v) is 6.49. The molecule has 5 heteroatoms. The van der Waals surface area contributed by atoms with Gasteiger partial charge in [0.2, 0.25) is 5.91 Å². The molecular formula is C13H16BrN3O. The number of rotatable bonds is 4. The van der Waals surface area contributed by atoms with Crippen LogP contribution < -0.4 is 11.1 Å². The standard InChI is InChI=1S/C13H16BrN3O/c1-8(2)5-11(16)13(18)17-12-6-10(14)4-3-9(12)7-15/h3-4,6,8,11H,5,16H2,1-2H3,(H,17,18)/t11-/m1/s1. The highest BCUT2D eigenvalue weighted by Crippen LogP contribution is 2.21. The second kappa shape index (κ2) is 6.53. The zero-order chi connectivity index (χ0) is 13.7. The average Bonchev–Trinajstić information content (AvgIpc) is 2.28. The topological polar surface area (TPSA) is 78.9 Å². The second-order valence-corrected chi connectivity index (χ2v) is 5.44. The third-order valence-electron chi connectivity index (χ3n) is 2.42. The lowest BCUT2D eigenvalue weighted by Gasteiger charge is -2.15. The van der Waals surface area contributed by atoms with Gasteiger partial charge in [0.15, 0.2) is 0 Å². The van der Waals surface area contributed by atoms with Crippen LogP contribution in [0.3, 0.4) is 0 Å². The molecular weight excluding hydrogens is 294 g/mol. The van der Waals surface area contributed by atoms with E-state index < -0.39 is 6.04 Å². The SMILES string of the molecule is CC(C)C[C@@H](N)C(=O)Nc1cc(Br)ccc1C#N. The summed E-state index contributed by atoms with van der Waals surface area (Å²) in [6.45, 7) is 4.01. The van der Waals surface area contributed by atoms with Crippen molar-refractivity contribution in [2.75, 3.05) is 5.32 Å². The molecule has 0 aliphatic heterocycles. The number of nitriles is 1. The molecule has 3 N–H and O–H groups in total. The first-order chi connectivity index (χ1) is 8.43. The maximum Gasteiger partial charge on any atom is 0.241 e. The molecule has 0 radical (unpaired) electrons. The summed E-state index contributed by atoms with van der Waals surface area (Å²) in [7, 11) is 0. The van der Waals surface area contributed by atoms with Gasteiger partial charge in [-0.3, -0.25) is 4.79 Å². The van der Waals surface area contributed by atoms with E-state index in [1.807, 2.05) is 19.9 Å².